The van der Waals surface area contributed by atoms with Crippen LogP contribution < -0.4 is 10.5 Å². The predicted molar refractivity (Wildman–Crippen MR) is 77.3 cm³/mol. The van der Waals surface area contributed by atoms with Gasteiger partial charge in [-0.1, -0.05) is 23.8 Å². The lowest BCUT2D eigenvalue weighted by Gasteiger charge is -2.04. The molecular formula is C11H12ClF2N5OS. The number of ether oxygens (including phenoxy) is 1. The third-order valence-corrected chi connectivity index (χ3v) is 3.40. The lowest BCUT2D eigenvalue weighted by atomic mass is 10.2. The molecule has 2 N–H and O–H groups in total. The van der Waals surface area contributed by atoms with Crippen molar-refractivity contribution in [1.29, 1.82) is 0 Å². The summed E-state index contributed by atoms with van der Waals surface area (Å²) in [6, 6.07) is 0. The summed E-state index contributed by atoms with van der Waals surface area (Å²) in [6.07, 6.45) is 0. The molecule has 114 valence electrons. The van der Waals surface area contributed by atoms with Crippen LogP contribution in [0.3, 0.4) is 0 Å². The maximum Gasteiger partial charge on any atom is 0.388 e. The monoisotopic (exact) mass is 335 g/mol. The first-order chi connectivity index (χ1) is 9.73. The molecule has 0 fully saturated rings. The van der Waals surface area contributed by atoms with Crippen molar-refractivity contribution in [2.75, 3.05) is 0 Å². The Balaban J connectivity index is 2.59. The van der Waals surface area contributed by atoms with E-state index in [1.165, 1.54) is 11.7 Å². The van der Waals surface area contributed by atoms with Gasteiger partial charge in [-0.2, -0.15) is 13.9 Å². The van der Waals surface area contributed by atoms with Crippen molar-refractivity contribution in [1.82, 2.24) is 19.6 Å². The largest absolute Gasteiger partial charge is 0.415 e. The molecule has 0 aliphatic carbocycles. The number of nitrogens with zero attached hydrogens (tertiary/aromatic N) is 4. The number of nitrogens with two attached hydrogens (primary N) is 1. The second-order valence-electron chi connectivity index (χ2n) is 4.27. The highest BCUT2D eigenvalue weighted by atomic mass is 35.5. The summed E-state index contributed by atoms with van der Waals surface area (Å²) in [7, 11) is 1.44. The first-order valence-electron chi connectivity index (χ1n) is 5.77. The molecule has 0 amide bonds. The molecule has 2 aromatic rings. The van der Waals surface area contributed by atoms with Gasteiger partial charge in [-0.05, 0) is 13.8 Å². The molecule has 0 saturated carbocycles. The molecule has 10 heteroatoms. The molecule has 2 rings (SSSR count). The number of hydrogen-bond acceptors (Lipinski definition) is 4. The molecule has 0 aliphatic rings. The van der Waals surface area contributed by atoms with Crippen molar-refractivity contribution >= 4 is 28.8 Å². The average Bonchev–Trinajstić information content (AvgIpc) is 2.79. The van der Waals surface area contributed by atoms with Crippen LogP contribution in [0.25, 0.3) is 5.82 Å². The fourth-order valence-electron chi connectivity index (χ4n) is 2.02. The Hall–Kier alpha value is -1.74. The molecule has 0 aromatic carbocycles. The van der Waals surface area contributed by atoms with Gasteiger partial charge in [0, 0.05) is 7.05 Å². The Bertz CT molecular complexity index is 712. The van der Waals surface area contributed by atoms with E-state index in [-0.39, 0.29) is 21.7 Å². The third-order valence-electron chi connectivity index (χ3n) is 2.86. The summed E-state index contributed by atoms with van der Waals surface area (Å²) in [5, 5.41) is 8.22. The Morgan fingerprint density at radius 1 is 1.38 bits per heavy atom. The number of aryl methyl sites for hydroxylation is 2. The van der Waals surface area contributed by atoms with Crippen LogP contribution in [0.1, 0.15) is 17.0 Å². The Morgan fingerprint density at radius 3 is 2.48 bits per heavy atom. The minimum Gasteiger partial charge on any atom is -0.415 e. The maximum atomic E-state index is 12.4. The van der Waals surface area contributed by atoms with Crippen LogP contribution in [0.15, 0.2) is 0 Å². The first-order valence-corrected chi connectivity index (χ1v) is 6.56. The van der Waals surface area contributed by atoms with Crippen molar-refractivity contribution in [3.8, 4) is 11.7 Å². The highest BCUT2D eigenvalue weighted by molar-refractivity contribution is 7.80. The topological polar surface area (TPSA) is 70.9 Å². The van der Waals surface area contributed by atoms with Gasteiger partial charge in [0.1, 0.15) is 10.0 Å². The van der Waals surface area contributed by atoms with E-state index in [2.05, 4.69) is 14.9 Å². The van der Waals surface area contributed by atoms with Gasteiger partial charge < -0.3 is 10.5 Å². The number of aromatic nitrogens is 4. The predicted octanol–water partition coefficient (Wildman–Crippen LogP) is 2.11. The van der Waals surface area contributed by atoms with Crippen LogP contribution >= 0.6 is 23.8 Å². The van der Waals surface area contributed by atoms with Gasteiger partial charge in [0.25, 0.3) is 0 Å². The van der Waals surface area contributed by atoms with Crippen molar-refractivity contribution in [2.24, 2.45) is 12.8 Å². The molecule has 0 saturated heterocycles. The lowest BCUT2D eigenvalue weighted by molar-refractivity contribution is -0.0552. The fraction of sp³-hybridized carbons (Fsp3) is 0.364. The molecule has 2 aromatic heterocycles. The van der Waals surface area contributed by atoms with Crippen molar-refractivity contribution in [3.63, 3.8) is 0 Å². The quantitative estimate of drug-likeness (QED) is 0.866. The van der Waals surface area contributed by atoms with Crippen molar-refractivity contribution in [3.05, 3.63) is 22.0 Å². The van der Waals surface area contributed by atoms with Gasteiger partial charge >= 0.3 is 6.61 Å². The zero-order valence-electron chi connectivity index (χ0n) is 11.4. The molecular weight excluding hydrogens is 324 g/mol. The lowest BCUT2D eigenvalue weighted by Crippen LogP contribution is -2.12. The van der Waals surface area contributed by atoms with Crippen molar-refractivity contribution in [2.45, 2.75) is 20.5 Å². The van der Waals surface area contributed by atoms with Crippen LogP contribution in [-0.4, -0.2) is 31.2 Å². The van der Waals surface area contributed by atoms with Gasteiger partial charge in [-0.3, -0.25) is 0 Å². The molecule has 0 radical (unpaired) electrons. The molecule has 0 spiro atoms. The molecule has 0 unspecified atom stereocenters. The number of thiocarbonyl (C=S) groups is 1. The summed E-state index contributed by atoms with van der Waals surface area (Å²) >= 11 is 11.0. The summed E-state index contributed by atoms with van der Waals surface area (Å²) in [5.41, 5.74) is 7.45. The minimum absolute atomic E-state index is 0.0714. The summed E-state index contributed by atoms with van der Waals surface area (Å²) < 4.78 is 31.6. The van der Waals surface area contributed by atoms with Crippen LogP contribution in [-0.2, 0) is 7.05 Å². The molecule has 21 heavy (non-hydrogen) atoms. The molecule has 0 bridgehead atoms. The second kappa shape index (κ2) is 5.57. The molecule has 0 aliphatic heterocycles. The zero-order chi connectivity index (χ0) is 15.9. The normalized spacial score (nSPS) is 11.2. The smallest absolute Gasteiger partial charge is 0.388 e. The Morgan fingerprint density at radius 2 is 2.00 bits per heavy atom. The van der Waals surface area contributed by atoms with E-state index in [1.807, 2.05) is 0 Å². The SMILES string of the molecule is Cc1nn(-c2nn(C)c(OC(F)F)c2Cl)c(C)c1C(N)=S. The highest BCUT2D eigenvalue weighted by Gasteiger charge is 2.24. The van der Waals surface area contributed by atoms with E-state index in [9.17, 15) is 8.78 Å². The first kappa shape index (κ1) is 15.6. The highest BCUT2D eigenvalue weighted by Crippen LogP contribution is 2.32. The molecule has 2 heterocycles. The van der Waals surface area contributed by atoms with Crippen molar-refractivity contribution < 1.29 is 13.5 Å². The van der Waals surface area contributed by atoms with Crippen LogP contribution in [0.4, 0.5) is 8.78 Å². The van der Waals surface area contributed by atoms with E-state index in [4.69, 9.17) is 29.6 Å². The second-order valence-corrected chi connectivity index (χ2v) is 5.08. The maximum absolute atomic E-state index is 12.4. The van der Waals surface area contributed by atoms with E-state index in [0.29, 0.717) is 17.0 Å². The van der Waals surface area contributed by atoms with Gasteiger partial charge in [-0.25, -0.2) is 9.36 Å². The van der Waals surface area contributed by atoms with Crippen LogP contribution in [0, 0.1) is 13.8 Å². The van der Waals surface area contributed by atoms with Gasteiger partial charge in [0.2, 0.25) is 5.88 Å². The molecule has 0 atom stereocenters. The van der Waals surface area contributed by atoms with E-state index >= 15 is 0 Å². The number of halogens is 3. The Kier molecular flexibility index (Phi) is 4.15. The number of alkyl halides is 2. The Labute approximate surface area is 129 Å². The van der Waals surface area contributed by atoms with Gasteiger partial charge in [0.05, 0.1) is 17.0 Å². The van der Waals surface area contributed by atoms with Gasteiger partial charge in [-0.15, -0.1) is 5.10 Å². The van der Waals surface area contributed by atoms with E-state index in [1.54, 1.807) is 13.8 Å². The van der Waals surface area contributed by atoms with Crippen LogP contribution in [0.5, 0.6) is 5.88 Å². The summed E-state index contributed by atoms with van der Waals surface area (Å²) in [4.78, 5) is 0.187. The minimum atomic E-state index is -3.00. The third kappa shape index (κ3) is 2.70. The summed E-state index contributed by atoms with van der Waals surface area (Å²) in [5.74, 6) is -0.0796. The number of hydrogen-bond donors (Lipinski definition) is 1. The summed E-state index contributed by atoms with van der Waals surface area (Å²) in [6.45, 7) is 0.455. The van der Waals surface area contributed by atoms with Gasteiger partial charge in [0.15, 0.2) is 5.82 Å². The van der Waals surface area contributed by atoms with E-state index < -0.39 is 6.61 Å². The van der Waals surface area contributed by atoms with E-state index in [0.717, 1.165) is 4.68 Å². The molecule has 6 nitrogen and oxygen atoms in total. The average molecular weight is 336 g/mol. The zero-order valence-corrected chi connectivity index (χ0v) is 13.0. The fourth-order valence-corrected chi connectivity index (χ4v) is 2.60. The van der Waals surface area contributed by atoms with Crippen LogP contribution in [0.2, 0.25) is 5.02 Å². The number of rotatable bonds is 4. The standard InChI is InChI=1S/C11H12ClF2N5OS/c1-4-6(8(15)21)5(2)19(16-4)9-7(12)10(18(3)17-9)20-11(13)14/h11H,1-3H3,(H2,15,21).